The summed E-state index contributed by atoms with van der Waals surface area (Å²) in [5.41, 5.74) is 2.04. The van der Waals surface area contributed by atoms with Crippen LogP contribution < -0.4 is 5.32 Å². The van der Waals surface area contributed by atoms with Crippen LogP contribution in [-0.2, 0) is 0 Å². The van der Waals surface area contributed by atoms with Gasteiger partial charge < -0.3 is 5.32 Å². The van der Waals surface area contributed by atoms with Crippen molar-refractivity contribution in [3.05, 3.63) is 48.4 Å². The Hall–Kier alpha value is -0.990. The van der Waals surface area contributed by atoms with Crippen LogP contribution in [0.2, 0.25) is 0 Å². The molecule has 14 heavy (non-hydrogen) atoms. The second kappa shape index (κ2) is 3.64. The molecule has 2 nitrogen and oxygen atoms in total. The van der Waals surface area contributed by atoms with E-state index in [4.69, 9.17) is 23.2 Å². The highest BCUT2D eigenvalue weighted by Gasteiger charge is 2.20. The predicted octanol–water partition coefficient (Wildman–Crippen LogP) is 2.71. The number of hydrogen-bond acceptors (Lipinski definition) is 2. The lowest BCUT2D eigenvalue weighted by atomic mass is 10.1. The molecule has 1 aliphatic heterocycles. The van der Waals surface area contributed by atoms with E-state index < -0.39 is 4.46 Å². The smallest absolute Gasteiger partial charge is 0.207 e. The predicted molar refractivity (Wildman–Crippen MR) is 58.9 cm³/mol. The van der Waals surface area contributed by atoms with Crippen molar-refractivity contribution in [1.82, 2.24) is 10.3 Å². The first-order valence-corrected chi connectivity index (χ1v) is 4.88. The third-order valence-corrected chi connectivity index (χ3v) is 2.36. The highest BCUT2D eigenvalue weighted by atomic mass is 35.5. The van der Waals surface area contributed by atoms with E-state index in [1.165, 1.54) is 0 Å². The number of rotatable bonds is 1. The molecule has 0 aromatic carbocycles. The molecule has 0 aliphatic carbocycles. The number of nitrogens with one attached hydrogen (secondary N) is 1. The number of pyridine rings is 1. The normalized spacial score (nSPS) is 18.6. The minimum absolute atomic E-state index is 0.994. The van der Waals surface area contributed by atoms with E-state index in [0.29, 0.717) is 0 Å². The second-order valence-electron chi connectivity index (χ2n) is 2.94. The molecule has 4 heteroatoms. The Bertz CT molecular complexity index is 382. The maximum Gasteiger partial charge on any atom is 0.207 e. The van der Waals surface area contributed by atoms with E-state index in [1.807, 2.05) is 18.2 Å². The summed E-state index contributed by atoms with van der Waals surface area (Å²) in [6.07, 6.45) is 8.85. The number of halogens is 2. The second-order valence-corrected chi connectivity index (χ2v) is 4.33. The van der Waals surface area contributed by atoms with Gasteiger partial charge in [-0.15, -0.1) is 0 Å². The fourth-order valence-corrected chi connectivity index (χ4v) is 1.41. The third-order valence-electron chi connectivity index (χ3n) is 1.89. The highest BCUT2D eigenvalue weighted by Crippen LogP contribution is 2.26. The Labute approximate surface area is 92.2 Å². The molecule has 0 fully saturated rings. The number of allylic oxidation sites excluding steroid dienone is 2. The van der Waals surface area contributed by atoms with Gasteiger partial charge in [0.2, 0.25) is 4.46 Å². The molecule has 0 spiro atoms. The Morgan fingerprint density at radius 2 is 2.21 bits per heavy atom. The standard InChI is InChI=1S/C10H8Cl2N2/c11-10(12)4-3-9(7-14-10)8-2-1-5-13-6-8/h1-7,14H. The van der Waals surface area contributed by atoms with Crippen molar-refractivity contribution in [2.75, 3.05) is 0 Å². The van der Waals surface area contributed by atoms with Gasteiger partial charge in [0.25, 0.3) is 0 Å². The summed E-state index contributed by atoms with van der Waals surface area (Å²) in [5.74, 6) is 0. The van der Waals surface area contributed by atoms with Crippen molar-refractivity contribution in [3.63, 3.8) is 0 Å². The minimum atomic E-state index is -0.994. The first kappa shape index (κ1) is 9.56. The molecule has 0 unspecified atom stereocenters. The first-order valence-electron chi connectivity index (χ1n) is 4.13. The summed E-state index contributed by atoms with van der Waals surface area (Å²) in [5, 5.41) is 2.86. The van der Waals surface area contributed by atoms with E-state index in [9.17, 15) is 0 Å². The zero-order valence-electron chi connectivity index (χ0n) is 7.24. The molecular formula is C10H8Cl2N2. The van der Waals surface area contributed by atoms with Gasteiger partial charge in [-0.2, -0.15) is 0 Å². The van der Waals surface area contributed by atoms with Crippen LogP contribution in [0.5, 0.6) is 0 Å². The molecule has 0 radical (unpaired) electrons. The molecule has 1 aromatic heterocycles. The third kappa shape index (κ3) is 2.08. The van der Waals surface area contributed by atoms with Gasteiger partial charge in [-0.1, -0.05) is 35.3 Å². The van der Waals surface area contributed by atoms with Crippen LogP contribution in [0, 0.1) is 0 Å². The molecule has 1 aromatic rings. The monoisotopic (exact) mass is 226 g/mol. The Balaban J connectivity index is 2.25. The molecule has 0 bridgehead atoms. The SMILES string of the molecule is ClC1(Cl)C=CC(c2cccnc2)=CN1. The molecule has 0 saturated carbocycles. The average Bonchev–Trinajstić information content (AvgIpc) is 2.19. The van der Waals surface area contributed by atoms with Gasteiger partial charge in [0.1, 0.15) is 0 Å². The summed E-state index contributed by atoms with van der Waals surface area (Å²) < 4.78 is -0.994. The van der Waals surface area contributed by atoms with Crippen molar-refractivity contribution in [2.45, 2.75) is 4.46 Å². The van der Waals surface area contributed by atoms with Crippen LogP contribution in [0.25, 0.3) is 5.57 Å². The van der Waals surface area contributed by atoms with Gasteiger partial charge in [-0.05, 0) is 17.7 Å². The van der Waals surface area contributed by atoms with E-state index in [2.05, 4.69) is 10.3 Å². The number of hydrogen-bond donors (Lipinski definition) is 1. The minimum Gasteiger partial charge on any atom is -0.357 e. The van der Waals surface area contributed by atoms with Crippen LogP contribution >= 0.6 is 23.2 Å². The van der Waals surface area contributed by atoms with Gasteiger partial charge in [0, 0.05) is 24.2 Å². The van der Waals surface area contributed by atoms with Gasteiger partial charge in [-0.25, -0.2) is 0 Å². The summed E-state index contributed by atoms with van der Waals surface area (Å²) in [6, 6.07) is 3.85. The van der Waals surface area contributed by atoms with Gasteiger partial charge in [-0.3, -0.25) is 4.98 Å². The number of nitrogens with zero attached hydrogens (tertiary/aromatic N) is 1. The fraction of sp³-hybridized carbons (Fsp3) is 0.100. The van der Waals surface area contributed by atoms with Gasteiger partial charge in [0.15, 0.2) is 0 Å². The van der Waals surface area contributed by atoms with Crippen molar-refractivity contribution >= 4 is 28.8 Å². The van der Waals surface area contributed by atoms with E-state index in [1.54, 1.807) is 24.7 Å². The summed E-state index contributed by atoms with van der Waals surface area (Å²) in [7, 11) is 0. The molecule has 1 N–H and O–H groups in total. The average molecular weight is 227 g/mol. The van der Waals surface area contributed by atoms with Gasteiger partial charge in [0.05, 0.1) is 0 Å². The summed E-state index contributed by atoms with van der Waals surface area (Å²) in [6.45, 7) is 0. The largest absolute Gasteiger partial charge is 0.357 e. The summed E-state index contributed by atoms with van der Waals surface area (Å²) >= 11 is 11.7. The molecule has 0 atom stereocenters. The lowest BCUT2D eigenvalue weighted by Crippen LogP contribution is -2.29. The quantitative estimate of drug-likeness (QED) is 0.589. The lowest BCUT2D eigenvalue weighted by Gasteiger charge is -2.20. The van der Waals surface area contributed by atoms with E-state index >= 15 is 0 Å². The maximum absolute atomic E-state index is 5.83. The fourth-order valence-electron chi connectivity index (χ4n) is 1.18. The van der Waals surface area contributed by atoms with Crippen LogP contribution in [0.4, 0.5) is 0 Å². The molecule has 2 heterocycles. The van der Waals surface area contributed by atoms with Crippen molar-refractivity contribution < 1.29 is 0 Å². The van der Waals surface area contributed by atoms with Crippen LogP contribution in [0.1, 0.15) is 5.56 Å². The topological polar surface area (TPSA) is 24.9 Å². The van der Waals surface area contributed by atoms with E-state index in [-0.39, 0.29) is 0 Å². The maximum atomic E-state index is 5.83. The zero-order chi connectivity index (χ0) is 10.0. The molecular weight excluding hydrogens is 219 g/mol. The zero-order valence-corrected chi connectivity index (χ0v) is 8.76. The van der Waals surface area contributed by atoms with Crippen LogP contribution in [-0.4, -0.2) is 9.44 Å². The molecule has 0 amide bonds. The molecule has 1 aliphatic rings. The van der Waals surface area contributed by atoms with Crippen molar-refractivity contribution in [1.29, 1.82) is 0 Å². The Morgan fingerprint density at radius 1 is 1.36 bits per heavy atom. The molecule has 72 valence electrons. The Morgan fingerprint density at radius 3 is 2.79 bits per heavy atom. The number of alkyl halides is 2. The van der Waals surface area contributed by atoms with Crippen LogP contribution in [0.3, 0.4) is 0 Å². The van der Waals surface area contributed by atoms with Crippen LogP contribution in [0.15, 0.2) is 42.9 Å². The first-order chi connectivity index (χ1) is 6.67. The van der Waals surface area contributed by atoms with Crippen molar-refractivity contribution in [3.8, 4) is 0 Å². The van der Waals surface area contributed by atoms with Gasteiger partial charge >= 0.3 is 0 Å². The number of aromatic nitrogens is 1. The lowest BCUT2D eigenvalue weighted by molar-refractivity contribution is 0.835. The Kier molecular flexibility index (Phi) is 2.48. The molecule has 2 rings (SSSR count). The van der Waals surface area contributed by atoms with E-state index in [0.717, 1.165) is 11.1 Å². The number of dihydropyridines is 1. The molecule has 0 saturated heterocycles. The highest BCUT2D eigenvalue weighted by molar-refractivity contribution is 6.49. The van der Waals surface area contributed by atoms with Crippen molar-refractivity contribution in [2.24, 2.45) is 0 Å². The summed E-state index contributed by atoms with van der Waals surface area (Å²) in [4.78, 5) is 4.03.